The molecule has 1 saturated heterocycles. The third kappa shape index (κ3) is 2.34. The van der Waals surface area contributed by atoms with Crippen LogP contribution in [0.15, 0.2) is 28.8 Å². The van der Waals surface area contributed by atoms with Gasteiger partial charge >= 0.3 is 0 Å². The molecule has 1 aliphatic heterocycles. The van der Waals surface area contributed by atoms with E-state index in [1.54, 1.807) is 0 Å². The van der Waals surface area contributed by atoms with Gasteiger partial charge in [0.1, 0.15) is 6.10 Å². The molecule has 0 amide bonds. The van der Waals surface area contributed by atoms with Gasteiger partial charge in [0.15, 0.2) is 0 Å². The van der Waals surface area contributed by atoms with Gasteiger partial charge in [-0.2, -0.15) is 16.7 Å². The first kappa shape index (κ1) is 11.6. The van der Waals surface area contributed by atoms with Gasteiger partial charge in [-0.3, -0.25) is 0 Å². The molecular weight excluding hydrogens is 250 g/mol. The van der Waals surface area contributed by atoms with Crippen molar-refractivity contribution in [3.05, 3.63) is 30.1 Å². The van der Waals surface area contributed by atoms with Gasteiger partial charge in [-0.15, -0.1) is 0 Å². The topological polar surface area (TPSA) is 74.2 Å². The van der Waals surface area contributed by atoms with Crippen molar-refractivity contribution in [3.8, 4) is 11.5 Å². The molecule has 94 valence electrons. The highest BCUT2D eigenvalue weighted by molar-refractivity contribution is 7.99. The summed E-state index contributed by atoms with van der Waals surface area (Å²) in [4.78, 5) is 4.38. The molecule has 0 bridgehead atoms. The minimum Gasteiger partial charge on any atom is -0.399 e. The Morgan fingerprint density at radius 2 is 2.11 bits per heavy atom. The molecule has 2 heterocycles. The summed E-state index contributed by atoms with van der Waals surface area (Å²) in [6.07, 6.45) is -0.0602. The zero-order chi connectivity index (χ0) is 12.4. The molecule has 18 heavy (non-hydrogen) atoms. The van der Waals surface area contributed by atoms with Crippen LogP contribution in [0.1, 0.15) is 11.9 Å². The Hall–Kier alpha value is -1.53. The van der Waals surface area contributed by atoms with Crippen molar-refractivity contribution in [1.82, 2.24) is 10.1 Å². The van der Waals surface area contributed by atoms with Gasteiger partial charge in [0.2, 0.25) is 5.82 Å². The van der Waals surface area contributed by atoms with E-state index in [9.17, 15) is 0 Å². The summed E-state index contributed by atoms with van der Waals surface area (Å²) in [6.45, 7) is 0.737. The number of rotatable bonds is 2. The first-order chi connectivity index (χ1) is 8.83. The SMILES string of the molecule is Nc1ccc(-c2nc(C3CSCCO3)no2)cc1. The van der Waals surface area contributed by atoms with Gasteiger partial charge in [0, 0.05) is 22.8 Å². The Bertz CT molecular complexity index is 520. The van der Waals surface area contributed by atoms with Crippen molar-refractivity contribution >= 4 is 17.4 Å². The molecule has 0 radical (unpaired) electrons. The van der Waals surface area contributed by atoms with E-state index < -0.39 is 0 Å². The van der Waals surface area contributed by atoms with Crippen LogP contribution in [0.25, 0.3) is 11.5 Å². The number of aromatic nitrogens is 2. The highest BCUT2D eigenvalue weighted by Gasteiger charge is 2.22. The number of nitrogen functional groups attached to an aromatic ring is 1. The summed E-state index contributed by atoms with van der Waals surface area (Å²) in [7, 11) is 0. The quantitative estimate of drug-likeness (QED) is 0.837. The first-order valence-electron chi connectivity index (χ1n) is 5.72. The van der Waals surface area contributed by atoms with E-state index in [1.807, 2.05) is 36.0 Å². The summed E-state index contributed by atoms with van der Waals surface area (Å²) in [6, 6.07) is 7.35. The Morgan fingerprint density at radius 3 is 2.83 bits per heavy atom. The molecule has 0 spiro atoms. The van der Waals surface area contributed by atoms with Gasteiger partial charge in [-0.25, -0.2) is 0 Å². The number of hydrogen-bond acceptors (Lipinski definition) is 6. The van der Waals surface area contributed by atoms with Gasteiger partial charge in [-0.05, 0) is 24.3 Å². The van der Waals surface area contributed by atoms with Crippen molar-refractivity contribution in [3.63, 3.8) is 0 Å². The Balaban J connectivity index is 1.82. The average Bonchev–Trinajstić information content (AvgIpc) is 2.90. The third-order valence-electron chi connectivity index (χ3n) is 2.70. The van der Waals surface area contributed by atoms with Crippen molar-refractivity contribution in [2.45, 2.75) is 6.10 Å². The van der Waals surface area contributed by atoms with Crippen molar-refractivity contribution in [2.24, 2.45) is 0 Å². The van der Waals surface area contributed by atoms with Crippen molar-refractivity contribution in [2.75, 3.05) is 23.8 Å². The molecule has 0 aliphatic carbocycles. The number of nitrogens with zero attached hydrogens (tertiary/aromatic N) is 2. The number of hydrogen-bond donors (Lipinski definition) is 1. The minimum atomic E-state index is -0.0602. The first-order valence-corrected chi connectivity index (χ1v) is 6.87. The van der Waals surface area contributed by atoms with Gasteiger partial charge in [0.25, 0.3) is 5.89 Å². The van der Waals surface area contributed by atoms with Crippen LogP contribution in [-0.4, -0.2) is 28.3 Å². The van der Waals surface area contributed by atoms with Gasteiger partial charge in [-0.1, -0.05) is 5.16 Å². The second-order valence-electron chi connectivity index (χ2n) is 4.01. The molecular formula is C12H13N3O2S. The molecule has 0 saturated carbocycles. The van der Waals surface area contributed by atoms with Gasteiger partial charge in [0.05, 0.1) is 6.61 Å². The highest BCUT2D eigenvalue weighted by atomic mass is 32.2. The van der Waals surface area contributed by atoms with E-state index in [4.69, 9.17) is 15.0 Å². The predicted molar refractivity (Wildman–Crippen MR) is 70.2 cm³/mol. The normalized spacial score (nSPS) is 19.9. The van der Waals surface area contributed by atoms with Crippen LogP contribution in [0, 0.1) is 0 Å². The van der Waals surface area contributed by atoms with E-state index in [1.165, 1.54) is 0 Å². The van der Waals surface area contributed by atoms with E-state index in [-0.39, 0.29) is 6.10 Å². The lowest BCUT2D eigenvalue weighted by molar-refractivity contribution is 0.0677. The largest absolute Gasteiger partial charge is 0.399 e. The van der Waals surface area contributed by atoms with Crippen LogP contribution in [0.4, 0.5) is 5.69 Å². The van der Waals surface area contributed by atoms with Crippen LogP contribution in [0.3, 0.4) is 0 Å². The Morgan fingerprint density at radius 1 is 1.28 bits per heavy atom. The van der Waals surface area contributed by atoms with Crippen LogP contribution in [0.5, 0.6) is 0 Å². The van der Waals surface area contributed by atoms with Crippen LogP contribution < -0.4 is 5.73 Å². The maximum Gasteiger partial charge on any atom is 0.258 e. The molecule has 1 atom stereocenters. The van der Waals surface area contributed by atoms with E-state index in [0.29, 0.717) is 17.4 Å². The van der Waals surface area contributed by atoms with Gasteiger partial charge < -0.3 is 15.0 Å². The zero-order valence-electron chi connectivity index (χ0n) is 9.70. The molecule has 2 aromatic rings. The summed E-state index contributed by atoms with van der Waals surface area (Å²) in [5.41, 5.74) is 7.22. The number of anilines is 1. The fraction of sp³-hybridized carbons (Fsp3) is 0.333. The summed E-state index contributed by atoms with van der Waals surface area (Å²) < 4.78 is 10.9. The smallest absolute Gasteiger partial charge is 0.258 e. The maximum absolute atomic E-state index is 5.64. The summed E-state index contributed by atoms with van der Waals surface area (Å²) in [5.74, 6) is 3.03. The molecule has 1 unspecified atom stereocenters. The van der Waals surface area contributed by atoms with Crippen molar-refractivity contribution < 1.29 is 9.26 Å². The monoisotopic (exact) mass is 263 g/mol. The Labute approximate surface area is 109 Å². The highest BCUT2D eigenvalue weighted by Crippen LogP contribution is 2.26. The van der Waals surface area contributed by atoms with E-state index >= 15 is 0 Å². The second kappa shape index (κ2) is 4.99. The lowest BCUT2D eigenvalue weighted by Gasteiger charge is -2.18. The maximum atomic E-state index is 5.64. The van der Waals surface area contributed by atoms with E-state index in [0.717, 1.165) is 23.7 Å². The summed E-state index contributed by atoms with van der Waals surface area (Å²) in [5, 5.41) is 3.98. The third-order valence-corrected chi connectivity index (χ3v) is 3.70. The average molecular weight is 263 g/mol. The van der Waals surface area contributed by atoms with E-state index in [2.05, 4.69) is 10.1 Å². The van der Waals surface area contributed by atoms with Crippen LogP contribution in [-0.2, 0) is 4.74 Å². The number of nitrogens with two attached hydrogens (primary N) is 1. The Kier molecular flexibility index (Phi) is 3.21. The molecule has 1 aromatic carbocycles. The van der Waals surface area contributed by atoms with Crippen LogP contribution in [0.2, 0.25) is 0 Å². The lowest BCUT2D eigenvalue weighted by atomic mass is 10.2. The second-order valence-corrected chi connectivity index (χ2v) is 5.16. The fourth-order valence-electron chi connectivity index (χ4n) is 1.75. The molecule has 2 N–H and O–H groups in total. The number of benzene rings is 1. The zero-order valence-corrected chi connectivity index (χ0v) is 10.5. The number of thioether (sulfide) groups is 1. The standard InChI is InChI=1S/C12H13N3O2S/c13-9-3-1-8(2-4-9)12-14-11(15-17-12)10-7-18-6-5-16-10/h1-4,10H,5-7,13H2. The minimum absolute atomic E-state index is 0.0602. The molecule has 1 aromatic heterocycles. The number of ether oxygens (including phenoxy) is 1. The predicted octanol–water partition coefficient (Wildman–Crippen LogP) is 2.12. The molecule has 5 nitrogen and oxygen atoms in total. The molecule has 3 rings (SSSR count). The summed E-state index contributed by atoms with van der Waals surface area (Å²) >= 11 is 1.84. The fourth-order valence-corrected chi connectivity index (χ4v) is 2.59. The molecule has 1 aliphatic rings. The van der Waals surface area contributed by atoms with Crippen LogP contribution >= 0.6 is 11.8 Å². The lowest BCUT2D eigenvalue weighted by Crippen LogP contribution is -2.16. The van der Waals surface area contributed by atoms with Crippen molar-refractivity contribution in [1.29, 1.82) is 0 Å². The molecule has 1 fully saturated rings. The molecule has 6 heteroatoms.